The SMILES string of the molecule is CN1CCN2CCOCCOCCN(CCOCC2)CCN(C)Cc2cccc(c2)C1. The lowest BCUT2D eigenvalue weighted by Gasteiger charge is -2.27. The lowest BCUT2D eigenvalue weighted by atomic mass is 10.1. The number of ether oxygens (including phenoxy) is 3. The summed E-state index contributed by atoms with van der Waals surface area (Å²) < 4.78 is 17.6. The van der Waals surface area contributed by atoms with Crippen molar-refractivity contribution in [2.75, 3.05) is 106 Å². The van der Waals surface area contributed by atoms with Crippen molar-refractivity contribution >= 4 is 0 Å². The zero-order chi connectivity index (χ0) is 21.7. The van der Waals surface area contributed by atoms with Crippen molar-refractivity contribution in [3.8, 4) is 0 Å². The Bertz CT molecular complexity index is 571. The zero-order valence-corrected chi connectivity index (χ0v) is 19.6. The summed E-state index contributed by atoms with van der Waals surface area (Å²) in [6, 6.07) is 9.05. The van der Waals surface area contributed by atoms with Crippen LogP contribution in [0.5, 0.6) is 0 Å². The van der Waals surface area contributed by atoms with E-state index in [1.54, 1.807) is 0 Å². The summed E-state index contributed by atoms with van der Waals surface area (Å²) in [6.07, 6.45) is 0. The third kappa shape index (κ3) is 9.95. The van der Waals surface area contributed by atoms with E-state index in [9.17, 15) is 0 Å². The fraction of sp³-hybridized carbons (Fsp3) is 0.750. The van der Waals surface area contributed by atoms with Crippen LogP contribution in [0, 0.1) is 0 Å². The molecule has 0 aliphatic carbocycles. The van der Waals surface area contributed by atoms with Gasteiger partial charge in [-0.3, -0.25) is 9.80 Å². The summed E-state index contributed by atoms with van der Waals surface area (Å²) in [5.41, 5.74) is 2.77. The van der Waals surface area contributed by atoms with Crippen molar-refractivity contribution in [3.05, 3.63) is 35.4 Å². The highest BCUT2D eigenvalue weighted by Crippen LogP contribution is 2.10. The molecular formula is C24H42N4O3. The maximum absolute atomic E-state index is 6.01. The van der Waals surface area contributed by atoms with Gasteiger partial charge in [0.25, 0.3) is 0 Å². The molecule has 1 saturated heterocycles. The minimum atomic E-state index is 0.669. The quantitative estimate of drug-likeness (QED) is 0.569. The molecular weight excluding hydrogens is 392 g/mol. The molecule has 176 valence electrons. The fourth-order valence-corrected chi connectivity index (χ4v) is 4.10. The van der Waals surface area contributed by atoms with E-state index in [0.29, 0.717) is 13.2 Å². The maximum atomic E-state index is 6.01. The van der Waals surface area contributed by atoms with Gasteiger partial charge < -0.3 is 24.0 Å². The summed E-state index contributed by atoms with van der Waals surface area (Å²) in [7, 11) is 4.42. The van der Waals surface area contributed by atoms with E-state index < -0.39 is 0 Å². The molecule has 0 radical (unpaired) electrons. The fourth-order valence-electron chi connectivity index (χ4n) is 4.10. The summed E-state index contributed by atoms with van der Waals surface area (Å²) in [5.74, 6) is 0. The molecule has 2 unspecified atom stereocenters. The number of fused-ring (bicyclic) bond motifs is 8. The zero-order valence-electron chi connectivity index (χ0n) is 19.6. The molecule has 1 aromatic rings. The van der Waals surface area contributed by atoms with E-state index in [0.717, 1.165) is 91.9 Å². The van der Waals surface area contributed by atoms with Crippen LogP contribution in [0.3, 0.4) is 0 Å². The van der Waals surface area contributed by atoms with E-state index in [-0.39, 0.29) is 0 Å². The lowest BCUT2D eigenvalue weighted by Crippen LogP contribution is -2.38. The summed E-state index contributed by atoms with van der Waals surface area (Å²) in [5, 5.41) is 0. The predicted octanol–water partition coefficient (Wildman–Crippen LogP) is 1.23. The Morgan fingerprint density at radius 2 is 0.968 bits per heavy atom. The summed E-state index contributed by atoms with van der Waals surface area (Å²) >= 11 is 0. The van der Waals surface area contributed by atoms with E-state index in [1.807, 2.05) is 0 Å². The van der Waals surface area contributed by atoms with Gasteiger partial charge in [-0.2, -0.15) is 0 Å². The Kier molecular flexibility index (Phi) is 11.2. The van der Waals surface area contributed by atoms with Gasteiger partial charge >= 0.3 is 0 Å². The van der Waals surface area contributed by atoms with Crippen LogP contribution in [0.2, 0.25) is 0 Å². The smallest absolute Gasteiger partial charge is 0.0701 e. The first-order valence-electron chi connectivity index (χ1n) is 11.8. The molecule has 4 bridgehead atoms. The Morgan fingerprint density at radius 3 is 1.42 bits per heavy atom. The average Bonchev–Trinajstić information content (AvgIpc) is 2.76. The first kappa shape index (κ1) is 24.6. The van der Waals surface area contributed by atoms with Crippen LogP contribution in [0.4, 0.5) is 0 Å². The highest BCUT2D eigenvalue weighted by Gasteiger charge is 2.12. The van der Waals surface area contributed by atoms with E-state index >= 15 is 0 Å². The van der Waals surface area contributed by atoms with Crippen molar-refractivity contribution < 1.29 is 14.2 Å². The molecule has 7 nitrogen and oxygen atoms in total. The van der Waals surface area contributed by atoms with Crippen LogP contribution in [-0.4, -0.2) is 126 Å². The number of benzene rings is 1. The minimum Gasteiger partial charge on any atom is -0.379 e. The van der Waals surface area contributed by atoms with E-state index in [1.165, 1.54) is 11.1 Å². The Morgan fingerprint density at radius 1 is 0.548 bits per heavy atom. The molecule has 2 aliphatic heterocycles. The predicted molar refractivity (Wildman–Crippen MR) is 124 cm³/mol. The van der Waals surface area contributed by atoms with Gasteiger partial charge in [0.05, 0.1) is 39.6 Å². The van der Waals surface area contributed by atoms with Crippen LogP contribution in [-0.2, 0) is 27.3 Å². The molecule has 1 aromatic carbocycles. The largest absolute Gasteiger partial charge is 0.379 e. The van der Waals surface area contributed by atoms with Crippen LogP contribution >= 0.6 is 0 Å². The number of hydrogen-bond acceptors (Lipinski definition) is 7. The first-order chi connectivity index (χ1) is 15.2. The highest BCUT2D eigenvalue weighted by molar-refractivity contribution is 5.23. The van der Waals surface area contributed by atoms with Crippen molar-refractivity contribution in [1.29, 1.82) is 0 Å². The van der Waals surface area contributed by atoms with Gasteiger partial charge in [-0.15, -0.1) is 0 Å². The molecule has 3 rings (SSSR count). The Hall–Kier alpha value is -1.06. The second-order valence-corrected chi connectivity index (χ2v) is 8.82. The third-order valence-corrected chi connectivity index (χ3v) is 6.07. The van der Waals surface area contributed by atoms with Crippen LogP contribution in [0.25, 0.3) is 0 Å². The normalized spacial score (nSPS) is 27.5. The number of hydrogen-bond donors (Lipinski definition) is 0. The van der Waals surface area contributed by atoms with E-state index in [4.69, 9.17) is 14.2 Å². The molecule has 31 heavy (non-hydrogen) atoms. The van der Waals surface area contributed by atoms with Crippen molar-refractivity contribution in [3.63, 3.8) is 0 Å². The van der Waals surface area contributed by atoms with Crippen LogP contribution < -0.4 is 0 Å². The molecule has 2 atom stereocenters. The molecule has 2 aliphatic rings. The van der Waals surface area contributed by atoms with Gasteiger partial charge in [-0.1, -0.05) is 24.3 Å². The Balaban J connectivity index is 1.70. The van der Waals surface area contributed by atoms with Crippen molar-refractivity contribution in [2.24, 2.45) is 0 Å². The van der Waals surface area contributed by atoms with Gasteiger partial charge in [0, 0.05) is 65.4 Å². The molecule has 0 spiro atoms. The number of nitrogens with zero attached hydrogens (tertiary/aromatic N) is 4. The molecule has 0 aromatic heterocycles. The molecule has 7 heteroatoms. The molecule has 1 fully saturated rings. The number of rotatable bonds is 0. The summed E-state index contributed by atoms with van der Waals surface area (Å²) in [4.78, 5) is 9.75. The van der Waals surface area contributed by atoms with Crippen molar-refractivity contribution in [1.82, 2.24) is 19.6 Å². The van der Waals surface area contributed by atoms with Gasteiger partial charge in [0.15, 0.2) is 0 Å². The minimum absolute atomic E-state index is 0.669. The van der Waals surface area contributed by atoms with Crippen LogP contribution in [0.1, 0.15) is 11.1 Å². The standard InChI is InChI=1S/C24H42N4O3/c1-25-6-8-27-10-14-29-15-11-28(13-17-31-19-18-30-16-12-27)9-7-26(2)22-24-5-3-4-23(20-24)21-25/h3-5,20H,6-19,21-22H2,1-2H3. The summed E-state index contributed by atoms with van der Waals surface area (Å²) in [6.45, 7) is 14.2. The lowest BCUT2D eigenvalue weighted by molar-refractivity contribution is 0.0311. The maximum Gasteiger partial charge on any atom is 0.0701 e. The van der Waals surface area contributed by atoms with Gasteiger partial charge in [0.1, 0.15) is 0 Å². The van der Waals surface area contributed by atoms with Crippen LogP contribution in [0.15, 0.2) is 24.3 Å². The molecule has 0 N–H and O–H groups in total. The second-order valence-electron chi connectivity index (χ2n) is 8.82. The van der Waals surface area contributed by atoms with E-state index in [2.05, 4.69) is 58.0 Å². The molecule has 2 heterocycles. The number of likely N-dealkylation sites (N-methyl/N-ethyl adjacent to an activating group) is 2. The topological polar surface area (TPSA) is 40.6 Å². The molecule has 0 saturated carbocycles. The Labute approximate surface area is 188 Å². The second kappa shape index (κ2) is 14.2. The monoisotopic (exact) mass is 434 g/mol. The highest BCUT2D eigenvalue weighted by atomic mass is 16.5. The van der Waals surface area contributed by atoms with Gasteiger partial charge in [-0.25, -0.2) is 0 Å². The molecule has 0 amide bonds. The van der Waals surface area contributed by atoms with Crippen molar-refractivity contribution in [2.45, 2.75) is 13.1 Å². The average molecular weight is 435 g/mol. The van der Waals surface area contributed by atoms with Gasteiger partial charge in [-0.05, 0) is 25.2 Å². The van der Waals surface area contributed by atoms with Gasteiger partial charge in [0.2, 0.25) is 0 Å². The third-order valence-electron chi connectivity index (χ3n) is 6.07. The first-order valence-corrected chi connectivity index (χ1v) is 11.8.